The molecule has 1 rings (SSSR count). The molecule has 0 aromatic heterocycles. The van der Waals surface area contributed by atoms with E-state index in [1.165, 1.54) is 57.8 Å². The molecule has 1 aliphatic heterocycles. The Morgan fingerprint density at radius 3 is 2.12 bits per heavy atom. The maximum Gasteiger partial charge on any atom is 0.320 e. The molecule has 2 unspecified atom stereocenters. The average Bonchev–Trinajstić information content (AvgIpc) is 2.93. The number of carboxylic acid groups (broad SMARTS) is 1. The summed E-state index contributed by atoms with van der Waals surface area (Å²) in [5.41, 5.74) is -0.549. The van der Waals surface area contributed by atoms with Gasteiger partial charge in [-0.25, -0.2) is 0 Å². The van der Waals surface area contributed by atoms with E-state index in [1.807, 2.05) is 13.8 Å². The maximum absolute atomic E-state index is 12.7. The Kier molecular flexibility index (Phi) is 19.1. The molecule has 2 amide bonds. The molecule has 1 heterocycles. The number of allylic oxidation sites excluding steroid dienone is 2. The van der Waals surface area contributed by atoms with Crippen LogP contribution in [0.4, 0.5) is 0 Å². The SMILES string of the molecule is CCCCCCCCC=CCCCCCCCC(=O)NCCC#CC(CNC(=O)C1OC(C)(C)OCC1(C)C)C(=O)O. The van der Waals surface area contributed by atoms with Crippen LogP contribution < -0.4 is 10.6 Å². The molecule has 1 aliphatic rings. The molecule has 0 saturated carbocycles. The molecule has 8 heteroatoms. The van der Waals surface area contributed by atoms with Gasteiger partial charge in [-0.3, -0.25) is 14.4 Å². The molecule has 8 nitrogen and oxygen atoms in total. The first-order valence-electron chi connectivity index (χ1n) is 16.2. The number of rotatable bonds is 21. The molecule has 0 bridgehead atoms. The molecule has 2 atom stereocenters. The van der Waals surface area contributed by atoms with Gasteiger partial charge in [-0.1, -0.05) is 90.2 Å². The van der Waals surface area contributed by atoms with Gasteiger partial charge in [-0.05, 0) is 46.0 Å². The fourth-order valence-electron chi connectivity index (χ4n) is 4.72. The molecule has 0 radical (unpaired) electrons. The van der Waals surface area contributed by atoms with Crippen molar-refractivity contribution in [3.8, 4) is 11.8 Å². The fourth-order valence-corrected chi connectivity index (χ4v) is 4.72. The number of nitrogens with one attached hydrogen (secondary N) is 2. The van der Waals surface area contributed by atoms with Gasteiger partial charge >= 0.3 is 5.97 Å². The zero-order chi connectivity index (χ0) is 31.3. The van der Waals surface area contributed by atoms with E-state index in [0.717, 1.165) is 25.7 Å². The molecule has 0 aromatic carbocycles. The molecule has 0 aromatic rings. The van der Waals surface area contributed by atoms with Gasteiger partial charge in [0.05, 0.1) is 6.61 Å². The Balaban J connectivity index is 2.13. The maximum atomic E-state index is 12.7. The van der Waals surface area contributed by atoms with Crippen molar-refractivity contribution >= 4 is 17.8 Å². The number of amides is 2. The number of unbranched alkanes of at least 4 members (excludes halogenated alkanes) is 11. The summed E-state index contributed by atoms with van der Waals surface area (Å²) in [7, 11) is 0. The summed E-state index contributed by atoms with van der Waals surface area (Å²) in [5, 5.41) is 15.0. The van der Waals surface area contributed by atoms with Crippen molar-refractivity contribution in [3.05, 3.63) is 12.2 Å². The highest BCUT2D eigenvalue weighted by Crippen LogP contribution is 2.34. The normalized spacial score (nSPS) is 18.2. The Hall–Kier alpha value is -2.37. The number of hydrogen-bond donors (Lipinski definition) is 3. The van der Waals surface area contributed by atoms with Gasteiger partial charge < -0.3 is 25.2 Å². The van der Waals surface area contributed by atoms with Crippen molar-refractivity contribution in [1.29, 1.82) is 0 Å². The number of aliphatic carboxylic acids is 1. The first-order valence-corrected chi connectivity index (χ1v) is 16.2. The van der Waals surface area contributed by atoms with Crippen LogP contribution in [0.25, 0.3) is 0 Å². The Morgan fingerprint density at radius 2 is 1.50 bits per heavy atom. The monoisotopic (exact) mass is 590 g/mol. The van der Waals surface area contributed by atoms with Crippen LogP contribution in [-0.4, -0.2) is 54.5 Å². The van der Waals surface area contributed by atoms with Gasteiger partial charge in [0.2, 0.25) is 11.8 Å². The molecule has 0 aliphatic carbocycles. The summed E-state index contributed by atoms with van der Waals surface area (Å²) in [5.74, 6) is 2.10. The van der Waals surface area contributed by atoms with E-state index in [-0.39, 0.29) is 18.4 Å². The van der Waals surface area contributed by atoms with E-state index in [4.69, 9.17) is 9.47 Å². The number of carboxylic acids is 1. The summed E-state index contributed by atoms with van der Waals surface area (Å²) in [6, 6.07) is 0. The lowest BCUT2D eigenvalue weighted by Crippen LogP contribution is -2.57. The van der Waals surface area contributed by atoms with Crippen LogP contribution in [0.15, 0.2) is 12.2 Å². The van der Waals surface area contributed by atoms with E-state index >= 15 is 0 Å². The first-order chi connectivity index (χ1) is 20.0. The molecule has 42 heavy (non-hydrogen) atoms. The third-order valence-corrected chi connectivity index (χ3v) is 7.43. The minimum atomic E-state index is -1.11. The van der Waals surface area contributed by atoms with E-state index in [0.29, 0.717) is 26.0 Å². The lowest BCUT2D eigenvalue weighted by Gasteiger charge is -2.44. The number of hydrogen-bond acceptors (Lipinski definition) is 5. The van der Waals surface area contributed by atoms with E-state index < -0.39 is 29.2 Å². The predicted octanol–water partition coefficient (Wildman–Crippen LogP) is 6.53. The summed E-state index contributed by atoms with van der Waals surface area (Å²) >= 11 is 0. The van der Waals surface area contributed by atoms with Crippen LogP contribution in [0, 0.1) is 23.2 Å². The van der Waals surface area contributed by atoms with Gasteiger partial charge in [0.15, 0.2) is 5.79 Å². The first kappa shape index (κ1) is 37.7. The van der Waals surface area contributed by atoms with Gasteiger partial charge in [0, 0.05) is 31.3 Å². The smallest absolute Gasteiger partial charge is 0.320 e. The highest BCUT2D eigenvalue weighted by atomic mass is 16.7. The molecule has 0 spiro atoms. The molecular weight excluding hydrogens is 532 g/mol. The quantitative estimate of drug-likeness (QED) is 0.0796. The lowest BCUT2D eigenvalue weighted by atomic mass is 9.85. The second kappa shape index (κ2) is 21.3. The van der Waals surface area contributed by atoms with Crippen LogP contribution in [-0.2, 0) is 23.9 Å². The molecule has 240 valence electrons. The molecule has 1 fully saturated rings. The van der Waals surface area contributed by atoms with Crippen molar-refractivity contribution in [2.24, 2.45) is 11.3 Å². The van der Waals surface area contributed by atoms with Crippen LogP contribution in [0.3, 0.4) is 0 Å². The van der Waals surface area contributed by atoms with Crippen LogP contribution in [0.5, 0.6) is 0 Å². The van der Waals surface area contributed by atoms with Crippen LogP contribution in [0.2, 0.25) is 0 Å². The average molecular weight is 591 g/mol. The van der Waals surface area contributed by atoms with Gasteiger partial charge in [-0.2, -0.15) is 0 Å². The van der Waals surface area contributed by atoms with E-state index in [9.17, 15) is 19.5 Å². The minimum Gasteiger partial charge on any atom is -0.480 e. The highest BCUT2D eigenvalue weighted by molar-refractivity contribution is 5.83. The van der Waals surface area contributed by atoms with Gasteiger partial charge in [0.1, 0.15) is 12.0 Å². The summed E-state index contributed by atoms with van der Waals surface area (Å²) < 4.78 is 11.4. The molecule has 1 saturated heterocycles. The van der Waals surface area contributed by atoms with Crippen molar-refractivity contribution in [1.82, 2.24) is 10.6 Å². The largest absolute Gasteiger partial charge is 0.480 e. The van der Waals surface area contributed by atoms with Crippen molar-refractivity contribution in [2.45, 2.75) is 143 Å². The minimum absolute atomic E-state index is 0.00141. The summed E-state index contributed by atoms with van der Waals surface area (Å²) in [6.45, 7) is 10.1. The molecule has 3 N–H and O–H groups in total. The third-order valence-electron chi connectivity index (χ3n) is 7.43. The summed E-state index contributed by atoms with van der Waals surface area (Å²) in [4.78, 5) is 36.5. The molecular formula is C34H58N2O6. The van der Waals surface area contributed by atoms with Crippen molar-refractivity contribution in [3.63, 3.8) is 0 Å². The van der Waals surface area contributed by atoms with Crippen LogP contribution in [0.1, 0.15) is 131 Å². The fraction of sp³-hybridized carbons (Fsp3) is 0.794. The number of carbonyl (C=O) groups excluding carboxylic acids is 2. The van der Waals surface area contributed by atoms with Crippen molar-refractivity contribution in [2.75, 3.05) is 19.7 Å². The Morgan fingerprint density at radius 1 is 0.905 bits per heavy atom. The van der Waals surface area contributed by atoms with Crippen LogP contribution >= 0.6 is 0 Å². The lowest BCUT2D eigenvalue weighted by molar-refractivity contribution is -0.304. The number of carbonyl (C=O) groups is 3. The summed E-state index contributed by atoms with van der Waals surface area (Å²) in [6.07, 6.45) is 20.6. The predicted molar refractivity (Wildman–Crippen MR) is 168 cm³/mol. The highest BCUT2D eigenvalue weighted by Gasteiger charge is 2.45. The second-order valence-electron chi connectivity index (χ2n) is 12.6. The zero-order valence-corrected chi connectivity index (χ0v) is 27.0. The van der Waals surface area contributed by atoms with E-state index in [2.05, 4.69) is 41.6 Å². The van der Waals surface area contributed by atoms with E-state index in [1.54, 1.807) is 13.8 Å². The van der Waals surface area contributed by atoms with Gasteiger partial charge in [-0.15, -0.1) is 5.92 Å². The Labute approximate surface area is 255 Å². The second-order valence-corrected chi connectivity index (χ2v) is 12.6. The van der Waals surface area contributed by atoms with Crippen molar-refractivity contribution < 1.29 is 29.0 Å². The zero-order valence-electron chi connectivity index (χ0n) is 27.0. The standard InChI is InChI=1S/C34H58N2O6/c1-6-7-8-9-10-11-12-13-14-15-16-17-18-19-20-24-29(37)35-25-22-21-23-28(32(39)40)26-36-31(38)30-33(2,3)27-41-34(4,5)42-30/h13-14,28,30H,6-12,15-20,22,24-27H2,1-5H3,(H,35,37)(H,36,38)(H,39,40). The third kappa shape index (κ3) is 17.6. The van der Waals surface area contributed by atoms with Gasteiger partial charge in [0.25, 0.3) is 0 Å². The Bertz CT molecular complexity index is 886. The number of ether oxygens (including phenoxy) is 2. The topological polar surface area (TPSA) is 114 Å².